The van der Waals surface area contributed by atoms with Crippen LogP contribution in [0, 0.1) is 5.82 Å². The number of nitrogens with zero attached hydrogens (tertiary/aromatic N) is 3. The van der Waals surface area contributed by atoms with Crippen LogP contribution in [0.2, 0.25) is 0 Å². The number of urea groups is 1. The molecular weight excluding hydrogens is 455 g/mol. The lowest BCUT2D eigenvalue weighted by Crippen LogP contribution is -2.37. The molecule has 2 aromatic rings. The molecule has 12 heteroatoms. The van der Waals surface area contributed by atoms with Gasteiger partial charge in [0.25, 0.3) is 0 Å². The zero-order valence-corrected chi connectivity index (χ0v) is 17.4. The van der Waals surface area contributed by atoms with Gasteiger partial charge in [-0.3, -0.25) is 10.7 Å². The van der Waals surface area contributed by atoms with Gasteiger partial charge < -0.3 is 10.6 Å². The monoisotopic (exact) mass is 474 g/mol. The minimum absolute atomic E-state index is 0.00692. The van der Waals surface area contributed by atoms with Crippen molar-refractivity contribution >= 4 is 45.2 Å². The van der Waals surface area contributed by atoms with E-state index in [9.17, 15) is 14.4 Å². The summed E-state index contributed by atoms with van der Waals surface area (Å²) < 4.78 is 18.3. The molecule has 0 fully saturated rings. The van der Waals surface area contributed by atoms with Crippen molar-refractivity contribution in [1.29, 1.82) is 0 Å². The highest BCUT2D eigenvalue weighted by Crippen LogP contribution is 2.24. The zero-order valence-electron chi connectivity index (χ0n) is 15.0. The lowest BCUT2D eigenvalue weighted by Gasteiger charge is -2.06. The number of halogens is 2. The number of rotatable bonds is 9. The molecule has 9 nitrogen and oxygen atoms in total. The fourth-order valence-corrected chi connectivity index (χ4v) is 3.11. The second-order valence-corrected chi connectivity index (χ2v) is 7.41. The third kappa shape index (κ3) is 6.77. The molecular formula is C16H20BrFN6O3S. The molecule has 1 aromatic carbocycles. The average molecular weight is 475 g/mol. The lowest BCUT2D eigenvalue weighted by atomic mass is 10.3. The molecule has 1 aromatic heterocycles. The maximum absolute atomic E-state index is 13.3. The number of aromatic nitrogens is 2. The molecule has 0 radical (unpaired) electrons. The summed E-state index contributed by atoms with van der Waals surface area (Å²) in [6.07, 6.45) is 1.94. The third-order valence-corrected chi connectivity index (χ3v) is 4.93. The van der Waals surface area contributed by atoms with Gasteiger partial charge in [-0.25, -0.2) is 18.8 Å². The number of carbonyl (C=O) groups excluding carboxylic acids is 1. The normalized spacial score (nSPS) is 11.4. The van der Waals surface area contributed by atoms with E-state index in [2.05, 4.69) is 41.9 Å². The second kappa shape index (κ2) is 11.6. The number of nitrogens with one attached hydrogen (secondary N) is 3. The first-order valence-corrected chi connectivity index (χ1v) is 10.2. The van der Waals surface area contributed by atoms with Crippen LogP contribution < -0.4 is 16.1 Å². The molecule has 2 amide bonds. The number of hydroxylamine groups is 1. The molecule has 0 aliphatic rings. The van der Waals surface area contributed by atoms with Crippen molar-refractivity contribution in [3.05, 3.63) is 34.2 Å². The van der Waals surface area contributed by atoms with Crippen molar-refractivity contribution in [3.8, 4) is 0 Å². The quantitative estimate of drug-likeness (QED) is 0.144. The highest BCUT2D eigenvalue weighted by atomic mass is 79.9. The van der Waals surface area contributed by atoms with Crippen LogP contribution in [0.3, 0.4) is 0 Å². The Morgan fingerprint density at radius 3 is 2.86 bits per heavy atom. The first kappa shape index (κ1) is 22.1. The Bertz CT molecular complexity index is 819. The van der Waals surface area contributed by atoms with Crippen molar-refractivity contribution in [3.63, 3.8) is 0 Å². The van der Waals surface area contributed by atoms with E-state index in [4.69, 9.17) is 4.63 Å². The van der Waals surface area contributed by atoms with Crippen LogP contribution in [-0.2, 0) is 0 Å². The molecule has 4 N–H and O–H groups in total. The number of benzene rings is 1. The molecule has 0 aliphatic heterocycles. The summed E-state index contributed by atoms with van der Waals surface area (Å²) in [6, 6.07) is 3.91. The lowest BCUT2D eigenvalue weighted by molar-refractivity contribution is 0.234. The molecule has 0 saturated heterocycles. The minimum atomic E-state index is -0.428. The van der Waals surface area contributed by atoms with Crippen molar-refractivity contribution in [1.82, 2.24) is 26.4 Å². The first-order chi connectivity index (χ1) is 13.5. The number of thioether (sulfide) groups is 1. The van der Waals surface area contributed by atoms with Gasteiger partial charge in [-0.15, -0.1) is 0 Å². The van der Waals surface area contributed by atoms with Crippen LogP contribution in [0.15, 0.2) is 37.3 Å². The van der Waals surface area contributed by atoms with Gasteiger partial charge in [0, 0.05) is 18.8 Å². The summed E-state index contributed by atoms with van der Waals surface area (Å²) in [6.45, 7) is 3.08. The molecule has 0 spiro atoms. The molecule has 0 unspecified atom stereocenters. The van der Waals surface area contributed by atoms with Crippen LogP contribution in [-0.4, -0.2) is 46.2 Å². The number of unbranched alkanes of at least 4 members (excludes halogenated alkanes) is 1. The third-order valence-electron chi connectivity index (χ3n) is 3.38. The summed E-state index contributed by atoms with van der Waals surface area (Å²) in [5.41, 5.74) is 2.53. The maximum atomic E-state index is 13.3. The van der Waals surface area contributed by atoms with Gasteiger partial charge in [0.2, 0.25) is 0 Å². The van der Waals surface area contributed by atoms with E-state index in [1.54, 1.807) is 0 Å². The van der Waals surface area contributed by atoms with Crippen molar-refractivity contribution in [2.24, 2.45) is 4.99 Å². The van der Waals surface area contributed by atoms with Crippen LogP contribution >= 0.6 is 27.7 Å². The molecule has 0 atom stereocenters. The van der Waals surface area contributed by atoms with E-state index in [0.717, 1.165) is 12.8 Å². The molecule has 1 heterocycles. The van der Waals surface area contributed by atoms with Gasteiger partial charge in [0.05, 0.1) is 10.2 Å². The predicted octanol–water partition coefficient (Wildman–Crippen LogP) is 3.22. The van der Waals surface area contributed by atoms with Gasteiger partial charge in [-0.1, -0.05) is 25.1 Å². The smallest absolute Gasteiger partial charge is 0.314 e. The van der Waals surface area contributed by atoms with E-state index in [0.29, 0.717) is 29.6 Å². The Kier molecular flexibility index (Phi) is 9.17. The predicted molar refractivity (Wildman–Crippen MR) is 107 cm³/mol. The molecule has 28 heavy (non-hydrogen) atoms. The zero-order chi connectivity index (χ0) is 20.4. The average Bonchev–Trinajstić information content (AvgIpc) is 3.14. The molecule has 0 saturated carbocycles. The minimum Gasteiger partial charge on any atom is -0.338 e. The van der Waals surface area contributed by atoms with E-state index in [1.165, 1.54) is 30.0 Å². The highest BCUT2D eigenvalue weighted by Gasteiger charge is 2.17. The number of aliphatic imine (C=N–C) groups is 1. The van der Waals surface area contributed by atoms with Crippen molar-refractivity contribution < 1.29 is 19.0 Å². The van der Waals surface area contributed by atoms with Crippen LogP contribution in [0.5, 0.6) is 0 Å². The number of amides is 2. The SMILES string of the molecule is CCCCNC(=O)NCCSc1nonc1C(=Nc1ccc(F)c(Br)c1)NO. The van der Waals surface area contributed by atoms with Gasteiger partial charge in [-0.2, -0.15) is 0 Å². The Labute approximate surface area is 173 Å². The second-order valence-electron chi connectivity index (χ2n) is 5.47. The van der Waals surface area contributed by atoms with Gasteiger partial charge >= 0.3 is 6.03 Å². The van der Waals surface area contributed by atoms with Crippen LogP contribution in [0.1, 0.15) is 25.5 Å². The summed E-state index contributed by atoms with van der Waals surface area (Å²) in [5, 5.41) is 22.8. The van der Waals surface area contributed by atoms with Crippen molar-refractivity contribution in [2.45, 2.75) is 24.8 Å². The summed E-state index contributed by atoms with van der Waals surface area (Å²) in [5.74, 6) is 0.0685. The largest absolute Gasteiger partial charge is 0.338 e. The van der Waals surface area contributed by atoms with E-state index >= 15 is 0 Å². The number of hydrogen-bond donors (Lipinski definition) is 4. The molecule has 0 aliphatic carbocycles. The Balaban J connectivity index is 1.94. The number of amidine groups is 1. The molecule has 0 bridgehead atoms. The first-order valence-electron chi connectivity index (χ1n) is 8.46. The van der Waals surface area contributed by atoms with Crippen molar-refractivity contribution in [2.75, 3.05) is 18.8 Å². The van der Waals surface area contributed by atoms with Crippen LogP contribution in [0.25, 0.3) is 0 Å². The number of carbonyl (C=O) groups is 1. The highest BCUT2D eigenvalue weighted by molar-refractivity contribution is 9.10. The Morgan fingerprint density at radius 2 is 2.14 bits per heavy atom. The standard InChI is InChI=1S/C16H20BrFN6O3S/c1-2-3-6-19-16(25)20-7-8-28-15-13(23-27-24-15)14(22-26)21-10-4-5-12(18)11(17)9-10/h4-5,9,26H,2-3,6-8H2,1H3,(H,21,22)(H2,19,20,25). The summed E-state index contributed by atoms with van der Waals surface area (Å²) in [7, 11) is 0. The van der Waals surface area contributed by atoms with E-state index in [1.807, 2.05) is 12.4 Å². The number of hydrogen-bond acceptors (Lipinski definition) is 7. The summed E-state index contributed by atoms with van der Waals surface area (Å²) in [4.78, 5) is 15.8. The van der Waals surface area contributed by atoms with E-state index < -0.39 is 5.82 Å². The van der Waals surface area contributed by atoms with Gasteiger partial charge in [-0.05, 0) is 50.9 Å². The fraction of sp³-hybridized carbons (Fsp3) is 0.375. The fourth-order valence-electron chi connectivity index (χ4n) is 1.99. The van der Waals surface area contributed by atoms with Gasteiger partial charge in [0.1, 0.15) is 5.82 Å². The summed E-state index contributed by atoms with van der Waals surface area (Å²) >= 11 is 4.35. The Hall–Kier alpha value is -2.18. The van der Waals surface area contributed by atoms with Gasteiger partial charge in [0.15, 0.2) is 16.6 Å². The van der Waals surface area contributed by atoms with E-state index in [-0.39, 0.29) is 22.0 Å². The molecule has 2 rings (SSSR count). The maximum Gasteiger partial charge on any atom is 0.314 e. The topological polar surface area (TPSA) is 125 Å². The molecule has 152 valence electrons. The van der Waals surface area contributed by atoms with Crippen LogP contribution in [0.4, 0.5) is 14.9 Å². The Morgan fingerprint density at radius 1 is 1.36 bits per heavy atom.